The van der Waals surface area contributed by atoms with Crippen LogP contribution in [0.25, 0.3) is 12.2 Å². The minimum atomic E-state index is -3.90. The van der Waals surface area contributed by atoms with Gasteiger partial charge in [0.1, 0.15) is 11.5 Å². The molecule has 3 heterocycles. The van der Waals surface area contributed by atoms with Gasteiger partial charge >= 0.3 is 0 Å². The van der Waals surface area contributed by atoms with Gasteiger partial charge in [0.15, 0.2) is 10.7 Å². The Morgan fingerprint density at radius 1 is 1.15 bits per heavy atom. The molecule has 0 bridgehead atoms. The number of nitrogens with one attached hydrogen (secondary N) is 1. The number of benzene rings is 1. The molecule has 0 aliphatic carbocycles. The summed E-state index contributed by atoms with van der Waals surface area (Å²) < 4.78 is 33.7. The van der Waals surface area contributed by atoms with Gasteiger partial charge in [0.2, 0.25) is 15.9 Å². The Hall–Kier alpha value is -3.30. The molecule has 8 nitrogen and oxygen atoms in total. The van der Waals surface area contributed by atoms with Gasteiger partial charge in [-0.3, -0.25) is 4.79 Å². The van der Waals surface area contributed by atoms with Crippen LogP contribution in [0.3, 0.4) is 0 Å². The average Bonchev–Trinajstić information content (AvgIpc) is 3.20. The van der Waals surface area contributed by atoms with Crippen molar-refractivity contribution in [3.63, 3.8) is 0 Å². The van der Waals surface area contributed by atoms with Crippen LogP contribution >= 0.6 is 0 Å². The van der Waals surface area contributed by atoms with Crippen molar-refractivity contribution >= 4 is 33.9 Å². The molecule has 4 rings (SSSR count). The summed E-state index contributed by atoms with van der Waals surface area (Å²) in [6.07, 6.45) is 6.18. The van der Waals surface area contributed by atoms with E-state index in [1.807, 2.05) is 31.2 Å². The van der Waals surface area contributed by atoms with E-state index >= 15 is 0 Å². The summed E-state index contributed by atoms with van der Waals surface area (Å²) in [5.41, 5.74) is 2.35. The summed E-state index contributed by atoms with van der Waals surface area (Å²) in [7, 11) is -3.90. The molecule has 0 saturated carbocycles. The SMILES string of the molecule is Cc1ccc(/C=C/c2onc(C)c2S(=O)(=O)N2CCC[C@H](C(=O)Nc3ccccn3)C2)cc1. The number of anilines is 1. The monoisotopic (exact) mass is 466 g/mol. The minimum Gasteiger partial charge on any atom is -0.355 e. The Bertz CT molecular complexity index is 1250. The lowest BCUT2D eigenvalue weighted by Gasteiger charge is -2.31. The molecule has 1 saturated heterocycles. The largest absolute Gasteiger partial charge is 0.355 e. The van der Waals surface area contributed by atoms with E-state index in [-0.39, 0.29) is 23.1 Å². The molecule has 172 valence electrons. The molecule has 1 fully saturated rings. The lowest BCUT2D eigenvalue weighted by molar-refractivity contribution is -0.120. The third kappa shape index (κ3) is 5.20. The highest BCUT2D eigenvalue weighted by atomic mass is 32.2. The molecule has 1 amide bonds. The predicted molar refractivity (Wildman–Crippen MR) is 126 cm³/mol. The smallest absolute Gasteiger partial charge is 0.248 e. The van der Waals surface area contributed by atoms with Crippen molar-refractivity contribution in [3.8, 4) is 0 Å². The lowest BCUT2D eigenvalue weighted by atomic mass is 9.99. The van der Waals surface area contributed by atoms with Gasteiger partial charge in [0.05, 0.1) is 5.92 Å². The third-order valence-corrected chi connectivity index (χ3v) is 7.63. The van der Waals surface area contributed by atoms with Crippen molar-refractivity contribution in [3.05, 3.63) is 71.2 Å². The fourth-order valence-corrected chi connectivity index (χ4v) is 5.59. The van der Waals surface area contributed by atoms with Crippen LogP contribution in [0.15, 0.2) is 58.1 Å². The van der Waals surface area contributed by atoms with Crippen molar-refractivity contribution in [2.75, 3.05) is 18.4 Å². The zero-order valence-corrected chi connectivity index (χ0v) is 19.4. The van der Waals surface area contributed by atoms with Crippen molar-refractivity contribution in [2.45, 2.75) is 31.6 Å². The molecule has 0 unspecified atom stereocenters. The maximum atomic E-state index is 13.5. The van der Waals surface area contributed by atoms with E-state index in [0.29, 0.717) is 30.9 Å². The molecule has 0 radical (unpaired) electrons. The number of amides is 1. The van der Waals surface area contributed by atoms with Gasteiger partial charge in [-0.2, -0.15) is 4.31 Å². The third-order valence-electron chi connectivity index (χ3n) is 5.61. The first kappa shape index (κ1) is 22.9. The highest BCUT2D eigenvalue weighted by Gasteiger charge is 2.37. The first-order valence-corrected chi connectivity index (χ1v) is 12.2. The van der Waals surface area contributed by atoms with Crippen LogP contribution in [0.4, 0.5) is 5.82 Å². The highest BCUT2D eigenvalue weighted by Crippen LogP contribution is 2.29. The quantitative estimate of drug-likeness (QED) is 0.591. The van der Waals surface area contributed by atoms with Gasteiger partial charge in [0.25, 0.3) is 0 Å². The zero-order chi connectivity index (χ0) is 23.4. The number of hydrogen-bond donors (Lipinski definition) is 1. The number of pyridine rings is 1. The summed E-state index contributed by atoms with van der Waals surface area (Å²) in [5, 5.41) is 6.66. The van der Waals surface area contributed by atoms with E-state index in [1.165, 1.54) is 4.31 Å². The van der Waals surface area contributed by atoms with Crippen LogP contribution in [0, 0.1) is 19.8 Å². The second kappa shape index (κ2) is 9.68. The van der Waals surface area contributed by atoms with Crippen LogP contribution in [-0.2, 0) is 14.8 Å². The number of piperidine rings is 1. The molecular weight excluding hydrogens is 440 g/mol. The van der Waals surface area contributed by atoms with E-state index in [1.54, 1.807) is 43.5 Å². The number of aryl methyl sites for hydroxylation is 2. The highest BCUT2D eigenvalue weighted by molar-refractivity contribution is 7.89. The standard InChI is InChI=1S/C24H26N4O4S/c1-17-8-10-19(11-9-17)12-13-21-23(18(2)27-32-21)33(30,31)28-15-5-6-20(16-28)24(29)26-22-7-3-4-14-25-22/h3-4,7-14,20H,5-6,15-16H2,1-2H3,(H,25,26,29)/b13-12+/t20-/m0/s1. The van der Waals surface area contributed by atoms with Gasteiger partial charge in [-0.15, -0.1) is 0 Å². The van der Waals surface area contributed by atoms with E-state index < -0.39 is 15.9 Å². The van der Waals surface area contributed by atoms with Gasteiger partial charge in [-0.1, -0.05) is 47.1 Å². The van der Waals surface area contributed by atoms with Crippen LogP contribution in [-0.4, -0.2) is 41.9 Å². The van der Waals surface area contributed by atoms with Crippen LogP contribution in [0.5, 0.6) is 0 Å². The molecule has 2 aromatic heterocycles. The van der Waals surface area contributed by atoms with Crippen molar-refractivity contribution in [2.24, 2.45) is 5.92 Å². The Labute approximate surface area is 193 Å². The maximum absolute atomic E-state index is 13.5. The van der Waals surface area contributed by atoms with Crippen LogP contribution in [0.1, 0.15) is 35.4 Å². The summed E-state index contributed by atoms with van der Waals surface area (Å²) >= 11 is 0. The number of carbonyl (C=O) groups excluding carboxylic acids is 1. The number of sulfonamides is 1. The summed E-state index contributed by atoms with van der Waals surface area (Å²) in [5.74, 6) is -0.0913. The molecule has 0 spiro atoms. The number of aromatic nitrogens is 2. The number of nitrogens with zero attached hydrogens (tertiary/aromatic N) is 3. The second-order valence-electron chi connectivity index (χ2n) is 8.11. The average molecular weight is 467 g/mol. The molecule has 1 aliphatic rings. The normalized spacial score (nSPS) is 17.3. The fraction of sp³-hybridized carbons (Fsp3) is 0.292. The van der Waals surface area contributed by atoms with Gasteiger partial charge < -0.3 is 9.84 Å². The van der Waals surface area contributed by atoms with Crippen LogP contribution in [0.2, 0.25) is 0 Å². The van der Waals surface area contributed by atoms with Crippen molar-refractivity contribution in [1.82, 2.24) is 14.4 Å². The van der Waals surface area contributed by atoms with Gasteiger partial charge in [-0.05, 0) is 50.5 Å². The lowest BCUT2D eigenvalue weighted by Crippen LogP contribution is -2.44. The zero-order valence-electron chi connectivity index (χ0n) is 18.6. The second-order valence-corrected chi connectivity index (χ2v) is 9.99. The minimum absolute atomic E-state index is 0.0386. The summed E-state index contributed by atoms with van der Waals surface area (Å²) in [6.45, 7) is 4.03. The molecule has 1 aliphatic heterocycles. The Morgan fingerprint density at radius 2 is 1.94 bits per heavy atom. The predicted octanol–water partition coefficient (Wildman–Crippen LogP) is 3.90. The molecule has 3 aromatic rings. The summed E-state index contributed by atoms with van der Waals surface area (Å²) in [4.78, 5) is 16.9. The first-order chi connectivity index (χ1) is 15.8. The molecule has 33 heavy (non-hydrogen) atoms. The Morgan fingerprint density at radius 3 is 2.67 bits per heavy atom. The molecule has 9 heteroatoms. The fourth-order valence-electron chi connectivity index (χ4n) is 3.82. The van der Waals surface area contributed by atoms with Crippen molar-refractivity contribution < 1.29 is 17.7 Å². The molecule has 1 atom stereocenters. The van der Waals surface area contributed by atoms with Crippen LogP contribution < -0.4 is 5.32 Å². The van der Waals surface area contributed by atoms with E-state index in [9.17, 15) is 13.2 Å². The summed E-state index contributed by atoms with van der Waals surface area (Å²) in [6, 6.07) is 13.1. The topological polar surface area (TPSA) is 105 Å². The van der Waals surface area contributed by atoms with Gasteiger partial charge in [-0.25, -0.2) is 13.4 Å². The first-order valence-electron chi connectivity index (χ1n) is 10.8. The Balaban J connectivity index is 1.53. The number of rotatable bonds is 6. The maximum Gasteiger partial charge on any atom is 0.248 e. The molecular formula is C24H26N4O4S. The number of carbonyl (C=O) groups is 1. The van der Waals surface area contributed by atoms with E-state index in [0.717, 1.165) is 11.1 Å². The van der Waals surface area contributed by atoms with Gasteiger partial charge in [0, 0.05) is 19.3 Å². The van der Waals surface area contributed by atoms with E-state index in [2.05, 4.69) is 15.5 Å². The van der Waals surface area contributed by atoms with Crippen molar-refractivity contribution in [1.29, 1.82) is 0 Å². The van der Waals surface area contributed by atoms with E-state index in [4.69, 9.17) is 4.52 Å². The molecule has 1 aromatic carbocycles. The number of hydrogen-bond acceptors (Lipinski definition) is 6. The Kier molecular flexibility index (Phi) is 6.71. The molecule has 1 N–H and O–H groups in total.